The Kier molecular flexibility index (Phi) is 7.60. The maximum atomic E-state index is 14.3. The molecular weight excluding hydrogens is 515 g/mol. The summed E-state index contributed by atoms with van der Waals surface area (Å²) in [6.07, 6.45) is 1.74. The SMILES string of the molecule is COc1cc(N2CCN(C(C)C)CC2)ccc1Nc1nc(Nc2cc(F)cc(OC)c2C(N)=O)c2cc[nH]c2[nH+]1. The van der Waals surface area contributed by atoms with E-state index in [2.05, 4.69) is 55.3 Å². The van der Waals surface area contributed by atoms with Crippen LogP contribution < -0.4 is 35.7 Å². The van der Waals surface area contributed by atoms with Crippen LogP contribution in [0.25, 0.3) is 11.0 Å². The highest BCUT2D eigenvalue weighted by molar-refractivity contribution is 6.03. The van der Waals surface area contributed by atoms with Gasteiger partial charge in [-0.2, -0.15) is 0 Å². The zero-order valence-electron chi connectivity index (χ0n) is 23.0. The molecule has 11 nitrogen and oxygen atoms in total. The largest absolute Gasteiger partial charge is 0.496 e. The molecule has 12 heteroatoms. The van der Waals surface area contributed by atoms with Crippen LogP contribution in [0, 0.1) is 5.82 Å². The average Bonchev–Trinajstić information content (AvgIpc) is 3.42. The monoisotopic (exact) mass is 549 g/mol. The first kappa shape index (κ1) is 27.0. The highest BCUT2D eigenvalue weighted by Crippen LogP contribution is 2.34. The quantitative estimate of drug-likeness (QED) is 0.249. The molecule has 1 amide bonds. The van der Waals surface area contributed by atoms with Crippen molar-refractivity contribution in [1.29, 1.82) is 0 Å². The number of anilines is 5. The maximum Gasteiger partial charge on any atom is 0.351 e. The van der Waals surface area contributed by atoms with E-state index in [9.17, 15) is 9.18 Å². The van der Waals surface area contributed by atoms with E-state index in [-0.39, 0.29) is 17.0 Å². The van der Waals surface area contributed by atoms with Gasteiger partial charge in [0.1, 0.15) is 22.8 Å². The molecule has 3 heterocycles. The fraction of sp³-hybridized carbons (Fsp3) is 0.321. The van der Waals surface area contributed by atoms with E-state index in [0.717, 1.165) is 37.9 Å². The van der Waals surface area contributed by atoms with Gasteiger partial charge in [0.15, 0.2) is 5.75 Å². The second-order valence-corrected chi connectivity index (χ2v) is 9.85. The molecule has 40 heavy (non-hydrogen) atoms. The number of carbonyl (C=O) groups excluding carboxylic acids is 1. The van der Waals surface area contributed by atoms with Crippen LogP contribution in [0.2, 0.25) is 0 Å². The van der Waals surface area contributed by atoms with E-state index < -0.39 is 11.7 Å². The summed E-state index contributed by atoms with van der Waals surface area (Å²) in [4.78, 5) is 28.0. The van der Waals surface area contributed by atoms with E-state index in [1.807, 2.05) is 12.1 Å². The van der Waals surface area contributed by atoms with Gasteiger partial charge in [-0.1, -0.05) is 4.98 Å². The van der Waals surface area contributed by atoms with Crippen molar-refractivity contribution in [1.82, 2.24) is 14.9 Å². The molecule has 5 rings (SSSR count). The van der Waals surface area contributed by atoms with Crippen LogP contribution in [-0.2, 0) is 0 Å². The van der Waals surface area contributed by atoms with Gasteiger partial charge in [0.25, 0.3) is 5.91 Å². The fourth-order valence-electron chi connectivity index (χ4n) is 4.97. The van der Waals surface area contributed by atoms with Gasteiger partial charge in [-0.05, 0) is 38.1 Å². The molecule has 6 N–H and O–H groups in total. The van der Waals surface area contributed by atoms with E-state index in [0.29, 0.717) is 40.3 Å². The Balaban J connectivity index is 1.44. The average molecular weight is 550 g/mol. The lowest BCUT2D eigenvalue weighted by Crippen LogP contribution is -2.48. The number of H-pyrrole nitrogens is 2. The van der Waals surface area contributed by atoms with Crippen LogP contribution >= 0.6 is 0 Å². The minimum Gasteiger partial charge on any atom is -0.496 e. The predicted octanol–water partition coefficient (Wildman–Crippen LogP) is 3.65. The van der Waals surface area contributed by atoms with E-state index >= 15 is 0 Å². The van der Waals surface area contributed by atoms with Gasteiger partial charge in [0.05, 0.1) is 25.3 Å². The Bertz CT molecular complexity index is 1530. The van der Waals surface area contributed by atoms with Crippen molar-refractivity contribution >= 4 is 45.8 Å². The number of fused-ring (bicyclic) bond motifs is 1. The minimum absolute atomic E-state index is 0.0169. The summed E-state index contributed by atoms with van der Waals surface area (Å²) in [5, 5.41) is 7.04. The number of methoxy groups -OCH3 is 2. The van der Waals surface area contributed by atoms with Crippen molar-refractivity contribution in [3.8, 4) is 11.5 Å². The van der Waals surface area contributed by atoms with Gasteiger partial charge in [0.2, 0.25) is 11.5 Å². The maximum absolute atomic E-state index is 14.3. The van der Waals surface area contributed by atoms with Gasteiger partial charge in [-0.3, -0.25) is 20.0 Å². The van der Waals surface area contributed by atoms with E-state index in [1.165, 1.54) is 13.2 Å². The minimum atomic E-state index is -0.763. The second kappa shape index (κ2) is 11.3. The molecule has 210 valence electrons. The zero-order valence-corrected chi connectivity index (χ0v) is 23.0. The van der Waals surface area contributed by atoms with Crippen LogP contribution in [0.3, 0.4) is 0 Å². The first-order chi connectivity index (χ1) is 19.3. The molecule has 0 radical (unpaired) electrons. The highest BCUT2D eigenvalue weighted by atomic mass is 19.1. The molecule has 0 spiro atoms. The van der Waals surface area contributed by atoms with Gasteiger partial charge >= 0.3 is 5.95 Å². The Morgan fingerprint density at radius 3 is 2.48 bits per heavy atom. The Labute approximate surface area is 231 Å². The molecule has 1 saturated heterocycles. The number of hydrogen-bond acceptors (Lipinski definition) is 8. The molecule has 0 aliphatic carbocycles. The molecule has 0 unspecified atom stereocenters. The number of aromatic amines is 2. The summed E-state index contributed by atoms with van der Waals surface area (Å²) in [5.74, 6) is 0.0822. The number of halogens is 1. The smallest absolute Gasteiger partial charge is 0.351 e. The number of amides is 1. The predicted molar refractivity (Wildman–Crippen MR) is 153 cm³/mol. The van der Waals surface area contributed by atoms with Crippen LogP contribution in [0.15, 0.2) is 42.6 Å². The zero-order chi connectivity index (χ0) is 28.4. The Morgan fingerprint density at radius 2 is 1.80 bits per heavy atom. The number of piperazine rings is 1. The summed E-state index contributed by atoms with van der Waals surface area (Å²) in [5.41, 5.74) is 8.19. The van der Waals surface area contributed by atoms with Crippen LogP contribution in [0.1, 0.15) is 24.2 Å². The molecule has 0 bridgehead atoms. The number of nitrogens with two attached hydrogens (primary N) is 1. The van der Waals surface area contributed by atoms with Gasteiger partial charge in [-0.15, -0.1) is 0 Å². The number of rotatable bonds is 9. The van der Waals surface area contributed by atoms with E-state index in [1.54, 1.807) is 19.4 Å². The topological polar surface area (TPSA) is 135 Å². The molecule has 2 aromatic carbocycles. The van der Waals surface area contributed by atoms with Crippen LogP contribution in [-0.4, -0.2) is 67.2 Å². The number of nitrogens with zero attached hydrogens (tertiary/aromatic N) is 3. The molecule has 4 aromatic rings. The highest BCUT2D eigenvalue weighted by Gasteiger charge is 2.23. The second-order valence-electron chi connectivity index (χ2n) is 9.85. The molecule has 1 aliphatic heterocycles. The van der Waals surface area contributed by atoms with Crippen molar-refractivity contribution in [3.05, 3.63) is 54.0 Å². The Morgan fingerprint density at radius 1 is 1.05 bits per heavy atom. The lowest BCUT2D eigenvalue weighted by Gasteiger charge is -2.38. The number of ether oxygens (including phenoxy) is 2. The summed E-state index contributed by atoms with van der Waals surface area (Å²) in [6.45, 7) is 8.36. The van der Waals surface area contributed by atoms with E-state index in [4.69, 9.17) is 15.2 Å². The third-order valence-electron chi connectivity index (χ3n) is 7.10. The first-order valence-corrected chi connectivity index (χ1v) is 13.1. The number of carbonyl (C=O) groups is 1. The molecule has 1 aliphatic rings. The molecule has 0 atom stereocenters. The van der Waals surface area contributed by atoms with Crippen molar-refractivity contribution in [2.75, 3.05) is 55.9 Å². The normalized spacial score (nSPS) is 14.0. The number of primary amides is 1. The Hall–Kier alpha value is -4.58. The molecule has 1 fully saturated rings. The number of hydrogen-bond donors (Lipinski definition) is 4. The summed E-state index contributed by atoms with van der Waals surface area (Å²) in [6, 6.07) is 10.6. The number of benzene rings is 2. The fourth-order valence-corrected chi connectivity index (χ4v) is 4.97. The molecular formula is C28H34FN8O3+. The lowest BCUT2D eigenvalue weighted by atomic mass is 10.1. The lowest BCUT2D eigenvalue weighted by molar-refractivity contribution is -0.333. The first-order valence-electron chi connectivity index (χ1n) is 13.1. The summed E-state index contributed by atoms with van der Waals surface area (Å²) >= 11 is 0. The van der Waals surface area contributed by atoms with Crippen molar-refractivity contribution < 1.29 is 23.6 Å². The summed E-state index contributed by atoms with van der Waals surface area (Å²) in [7, 11) is 2.97. The van der Waals surface area contributed by atoms with Gasteiger partial charge in [0, 0.05) is 56.2 Å². The van der Waals surface area contributed by atoms with Gasteiger partial charge in [-0.25, -0.2) is 9.37 Å². The number of aromatic nitrogens is 3. The van der Waals surface area contributed by atoms with Crippen LogP contribution in [0.4, 0.5) is 33.2 Å². The van der Waals surface area contributed by atoms with Crippen molar-refractivity contribution in [2.24, 2.45) is 5.73 Å². The number of nitrogens with one attached hydrogen (secondary N) is 4. The summed E-state index contributed by atoms with van der Waals surface area (Å²) < 4.78 is 25.3. The van der Waals surface area contributed by atoms with Gasteiger partial charge < -0.3 is 25.4 Å². The van der Waals surface area contributed by atoms with Crippen LogP contribution in [0.5, 0.6) is 11.5 Å². The molecule has 2 aromatic heterocycles. The standard InChI is InChI=1S/C28H33FN8O3/c1-16(2)36-9-11-37(12-10-36)18-5-6-20(22(15-18)39-3)33-28-34-26-19(7-8-31-26)27(35-28)32-21-13-17(29)14-23(40-4)24(21)25(30)38/h5-8,13-16H,9-12H2,1-4H3,(H2,30,38)(H3,31,32,33,34,35)/p+1. The van der Waals surface area contributed by atoms with Crippen molar-refractivity contribution in [2.45, 2.75) is 19.9 Å². The van der Waals surface area contributed by atoms with Crippen molar-refractivity contribution in [3.63, 3.8) is 0 Å². The third kappa shape index (κ3) is 5.43. The molecule has 0 saturated carbocycles. The third-order valence-corrected chi connectivity index (χ3v) is 7.10.